The third-order valence-electron chi connectivity index (χ3n) is 0.0948. The van der Waals surface area contributed by atoms with Crippen molar-refractivity contribution < 1.29 is 18.9 Å². The smallest absolute Gasteiger partial charge is 0.326 e. The van der Waals surface area contributed by atoms with Gasteiger partial charge in [0.25, 0.3) is 0 Å². The van der Waals surface area contributed by atoms with Gasteiger partial charge in [0, 0.05) is 0 Å². The molecule has 0 saturated carbocycles. The molecule has 0 aliphatic carbocycles. The van der Waals surface area contributed by atoms with E-state index in [1.807, 2.05) is 0 Å². The molecule has 0 aromatic heterocycles. The summed E-state index contributed by atoms with van der Waals surface area (Å²) in [5.41, 5.74) is 0. The molecular formula is H2ClO4P. The Morgan fingerprint density at radius 1 is 1.50 bits per heavy atom. The lowest BCUT2D eigenvalue weighted by Crippen LogP contribution is -1.72. The molecule has 0 aliphatic heterocycles. The van der Waals surface area contributed by atoms with Crippen LogP contribution >= 0.6 is 20.5 Å². The number of rotatable bonds is 2. The van der Waals surface area contributed by atoms with Crippen LogP contribution in [0.3, 0.4) is 0 Å². The highest BCUT2D eigenvalue weighted by Gasteiger charge is 1.95. The first kappa shape index (κ1) is 6.56. The first-order valence-electron chi connectivity index (χ1n) is 0.904. The fourth-order valence-electron chi connectivity index (χ4n) is 0.0252. The Bertz CT molecular complexity index is 28.7. The highest BCUT2D eigenvalue weighted by molar-refractivity contribution is 7.39. The van der Waals surface area contributed by atoms with Crippen molar-refractivity contribution in [1.29, 1.82) is 0 Å². The Hall–Kier alpha value is 0.560. The molecule has 0 aliphatic rings. The van der Waals surface area contributed by atoms with Gasteiger partial charge in [-0.2, -0.15) is 0 Å². The molecule has 0 saturated heterocycles. The van der Waals surface area contributed by atoms with E-state index in [0.29, 0.717) is 0 Å². The second-order valence-electron chi connectivity index (χ2n) is 0.390. The molecule has 0 bridgehead atoms. The molecule has 0 amide bonds. The molecule has 0 spiro atoms. The normalized spacial score (nSPS) is 10.0. The SMILES string of the molecule is OP(O)OOCl. The van der Waals surface area contributed by atoms with Gasteiger partial charge >= 0.3 is 8.60 Å². The van der Waals surface area contributed by atoms with Crippen LogP contribution in [0.2, 0.25) is 0 Å². The summed E-state index contributed by atoms with van der Waals surface area (Å²) in [4.78, 5) is 15.5. The minimum absolute atomic E-state index is 2.45. The monoisotopic (exact) mass is 132 g/mol. The zero-order valence-electron chi connectivity index (χ0n) is 2.54. The maximum Gasteiger partial charge on any atom is 0.359 e. The van der Waals surface area contributed by atoms with Crippen LogP contribution in [0.15, 0.2) is 0 Å². The fraction of sp³-hybridized carbons (Fsp3) is 0. The molecule has 0 aromatic rings. The number of hydrogen-bond acceptors (Lipinski definition) is 4. The summed E-state index contributed by atoms with van der Waals surface area (Å²) in [5, 5.41) is 0. The predicted molar refractivity (Wildman–Crippen MR) is 19.4 cm³/mol. The zero-order chi connectivity index (χ0) is 4.99. The molecule has 6 heteroatoms. The van der Waals surface area contributed by atoms with Crippen LogP contribution < -0.4 is 0 Å². The van der Waals surface area contributed by atoms with E-state index in [9.17, 15) is 0 Å². The van der Waals surface area contributed by atoms with Crippen molar-refractivity contribution in [2.24, 2.45) is 0 Å². The van der Waals surface area contributed by atoms with E-state index in [0.717, 1.165) is 0 Å². The number of halogens is 1. The Kier molecular flexibility index (Phi) is 4.09. The van der Waals surface area contributed by atoms with E-state index in [1.165, 1.54) is 0 Å². The molecule has 0 heterocycles. The molecule has 38 valence electrons. The lowest BCUT2D eigenvalue weighted by Gasteiger charge is -1.91. The maximum absolute atomic E-state index is 7.74. The van der Waals surface area contributed by atoms with Crippen LogP contribution in [0.5, 0.6) is 0 Å². The van der Waals surface area contributed by atoms with Gasteiger partial charge in [0.05, 0.1) is 0 Å². The topological polar surface area (TPSA) is 58.9 Å². The predicted octanol–water partition coefficient (Wildman–Crippen LogP) is 0.300. The molecule has 0 rings (SSSR count). The van der Waals surface area contributed by atoms with E-state index < -0.39 is 8.60 Å². The third-order valence-corrected chi connectivity index (χ3v) is 0.454. The molecule has 0 unspecified atom stereocenters. The van der Waals surface area contributed by atoms with Crippen LogP contribution in [0.1, 0.15) is 0 Å². The molecule has 0 aromatic carbocycles. The maximum atomic E-state index is 7.74. The average molecular weight is 132 g/mol. The van der Waals surface area contributed by atoms with Crippen molar-refractivity contribution in [2.45, 2.75) is 0 Å². The van der Waals surface area contributed by atoms with Gasteiger partial charge in [-0.05, 0) is 0 Å². The summed E-state index contributed by atoms with van der Waals surface area (Å²) in [6.07, 6.45) is 0. The van der Waals surface area contributed by atoms with E-state index in [1.54, 1.807) is 0 Å². The molecule has 4 nitrogen and oxygen atoms in total. The highest BCUT2D eigenvalue weighted by Crippen LogP contribution is 2.24. The van der Waals surface area contributed by atoms with Crippen molar-refractivity contribution in [1.82, 2.24) is 0 Å². The summed E-state index contributed by atoms with van der Waals surface area (Å²) >= 11 is 4.37. The Morgan fingerprint density at radius 3 is 2.00 bits per heavy atom. The fourth-order valence-corrected chi connectivity index (χ4v) is 0.227. The molecule has 2 N–H and O–H groups in total. The largest absolute Gasteiger partial charge is 0.359 e. The van der Waals surface area contributed by atoms with Gasteiger partial charge in [-0.15, -0.1) is 9.11 Å². The van der Waals surface area contributed by atoms with Crippen molar-refractivity contribution in [3.05, 3.63) is 0 Å². The van der Waals surface area contributed by atoms with Gasteiger partial charge in [0.2, 0.25) is 0 Å². The lowest BCUT2D eigenvalue weighted by atomic mass is 14.9. The summed E-state index contributed by atoms with van der Waals surface area (Å²) in [6, 6.07) is 0. The summed E-state index contributed by atoms with van der Waals surface area (Å²) < 4.78 is 6.79. The van der Waals surface area contributed by atoms with Crippen molar-refractivity contribution >= 4 is 20.5 Å². The Balaban J connectivity index is 2.63. The molecule has 0 fully saturated rings. The van der Waals surface area contributed by atoms with Crippen molar-refractivity contribution in [3.63, 3.8) is 0 Å². The van der Waals surface area contributed by atoms with E-state index >= 15 is 0 Å². The van der Waals surface area contributed by atoms with Crippen molar-refractivity contribution in [2.75, 3.05) is 0 Å². The van der Waals surface area contributed by atoms with Crippen LogP contribution in [0, 0.1) is 0 Å². The van der Waals surface area contributed by atoms with Gasteiger partial charge in [-0.3, -0.25) is 0 Å². The second kappa shape index (κ2) is 3.74. The molecule has 0 atom stereocenters. The van der Waals surface area contributed by atoms with Gasteiger partial charge < -0.3 is 9.79 Å². The minimum Gasteiger partial charge on any atom is -0.326 e. The first-order valence-corrected chi connectivity index (χ1v) is 2.38. The van der Waals surface area contributed by atoms with Gasteiger partial charge in [-0.1, -0.05) is 0 Å². The standard InChI is InChI=1S/ClH2O4P/c1-4-5-6(2)3/h2-3H. The Morgan fingerprint density at radius 2 is 2.00 bits per heavy atom. The van der Waals surface area contributed by atoms with Gasteiger partial charge in [-0.25, -0.2) is 0 Å². The van der Waals surface area contributed by atoms with Crippen LogP contribution in [0.25, 0.3) is 0 Å². The van der Waals surface area contributed by atoms with Gasteiger partial charge in [0.1, 0.15) is 11.9 Å². The summed E-state index contributed by atoms with van der Waals surface area (Å²) in [6.45, 7) is 0. The minimum atomic E-state index is -2.45. The second-order valence-corrected chi connectivity index (χ2v) is 1.17. The third kappa shape index (κ3) is 4.56. The highest BCUT2D eigenvalue weighted by atomic mass is 35.5. The van der Waals surface area contributed by atoms with Crippen LogP contribution in [-0.4, -0.2) is 9.79 Å². The first-order chi connectivity index (χ1) is 2.77. The number of hydrogen-bond donors (Lipinski definition) is 2. The van der Waals surface area contributed by atoms with Crippen LogP contribution in [0.4, 0.5) is 0 Å². The summed E-state index contributed by atoms with van der Waals surface area (Å²) in [5.74, 6) is 0. The molecular weight excluding hydrogens is 130 g/mol. The lowest BCUT2D eigenvalue weighted by molar-refractivity contribution is -0.102. The Labute approximate surface area is 40.4 Å². The quantitative estimate of drug-likeness (QED) is 0.322. The van der Waals surface area contributed by atoms with Gasteiger partial charge in [0.15, 0.2) is 0 Å². The van der Waals surface area contributed by atoms with E-state index in [-0.39, 0.29) is 0 Å². The van der Waals surface area contributed by atoms with Crippen LogP contribution in [-0.2, 0) is 9.11 Å². The van der Waals surface area contributed by atoms with E-state index in [2.05, 4.69) is 21.0 Å². The average Bonchev–Trinajstić information content (AvgIpc) is 1.35. The summed E-state index contributed by atoms with van der Waals surface area (Å²) in [7, 11) is -2.45. The van der Waals surface area contributed by atoms with E-state index in [4.69, 9.17) is 9.79 Å². The van der Waals surface area contributed by atoms with Crippen molar-refractivity contribution in [3.8, 4) is 0 Å². The molecule has 0 radical (unpaired) electrons. The molecule has 6 heavy (non-hydrogen) atoms. The zero-order valence-corrected chi connectivity index (χ0v) is 4.19.